The van der Waals surface area contributed by atoms with Crippen molar-refractivity contribution < 1.29 is 4.74 Å². The van der Waals surface area contributed by atoms with E-state index in [1.807, 2.05) is 0 Å². The van der Waals surface area contributed by atoms with Crippen molar-refractivity contribution in [1.82, 2.24) is 9.88 Å². The molecule has 0 spiro atoms. The lowest BCUT2D eigenvalue weighted by molar-refractivity contribution is 0.199. The van der Waals surface area contributed by atoms with Gasteiger partial charge in [0.15, 0.2) is 0 Å². The first kappa shape index (κ1) is 13.8. The zero-order valence-electron chi connectivity index (χ0n) is 10.4. The van der Waals surface area contributed by atoms with Gasteiger partial charge >= 0.3 is 0 Å². The van der Waals surface area contributed by atoms with Crippen molar-refractivity contribution >= 4 is 27.3 Å². The first-order chi connectivity index (χ1) is 8.78. The molecule has 5 heteroatoms. The van der Waals surface area contributed by atoms with Crippen molar-refractivity contribution in [2.45, 2.75) is 13.1 Å². The Hall–Kier alpha value is -0.620. The normalized spacial score (nSPS) is 11.0. The maximum Gasteiger partial charge on any atom is 0.0587 e. The minimum atomic E-state index is 0.754. The molecule has 0 amide bonds. The molecule has 0 saturated heterocycles. The molecule has 0 saturated carbocycles. The molecular weight excluding hydrogens is 312 g/mol. The van der Waals surface area contributed by atoms with Crippen molar-refractivity contribution in [2.75, 3.05) is 20.3 Å². The van der Waals surface area contributed by atoms with Gasteiger partial charge in [0, 0.05) is 47.3 Å². The van der Waals surface area contributed by atoms with Crippen LogP contribution in [0.1, 0.15) is 10.4 Å². The highest BCUT2D eigenvalue weighted by Gasteiger charge is 2.00. The summed E-state index contributed by atoms with van der Waals surface area (Å²) in [6, 6.07) is 4.32. The highest BCUT2D eigenvalue weighted by atomic mass is 79.9. The van der Waals surface area contributed by atoms with E-state index in [0.29, 0.717) is 0 Å². The lowest BCUT2D eigenvalue weighted by atomic mass is 10.3. The number of nitrogens with one attached hydrogen (secondary N) is 1. The Balaban J connectivity index is 1.82. The Morgan fingerprint density at radius 3 is 3.11 bits per heavy atom. The predicted molar refractivity (Wildman–Crippen MR) is 79.1 cm³/mol. The van der Waals surface area contributed by atoms with E-state index in [0.717, 1.165) is 30.7 Å². The lowest BCUT2D eigenvalue weighted by Crippen LogP contribution is -2.18. The van der Waals surface area contributed by atoms with E-state index in [1.54, 1.807) is 18.4 Å². The molecule has 98 valence electrons. The number of ether oxygens (including phenoxy) is 1. The highest BCUT2D eigenvalue weighted by Crippen LogP contribution is 2.20. The van der Waals surface area contributed by atoms with Crippen LogP contribution in [0, 0.1) is 0 Å². The van der Waals surface area contributed by atoms with Gasteiger partial charge in [0.05, 0.1) is 13.2 Å². The van der Waals surface area contributed by atoms with Crippen LogP contribution in [0.5, 0.6) is 0 Å². The summed E-state index contributed by atoms with van der Waals surface area (Å²) in [6.07, 6.45) is 4.31. The number of methoxy groups -OCH3 is 1. The van der Waals surface area contributed by atoms with E-state index in [2.05, 4.69) is 55.7 Å². The van der Waals surface area contributed by atoms with Crippen molar-refractivity contribution in [3.8, 4) is 0 Å². The molecule has 2 heterocycles. The molecule has 2 aromatic heterocycles. The summed E-state index contributed by atoms with van der Waals surface area (Å²) in [6.45, 7) is 3.47. The maximum absolute atomic E-state index is 5.00. The van der Waals surface area contributed by atoms with Crippen molar-refractivity contribution in [3.63, 3.8) is 0 Å². The third kappa shape index (κ3) is 4.24. The number of hydrogen-bond donors (Lipinski definition) is 1. The molecule has 0 bridgehead atoms. The average molecular weight is 329 g/mol. The molecule has 0 fully saturated rings. The van der Waals surface area contributed by atoms with Gasteiger partial charge in [0.2, 0.25) is 0 Å². The summed E-state index contributed by atoms with van der Waals surface area (Å²) in [5, 5.41) is 5.46. The molecule has 2 aromatic rings. The number of rotatable bonds is 7. The first-order valence-electron chi connectivity index (χ1n) is 5.85. The molecule has 0 radical (unpaired) electrons. The van der Waals surface area contributed by atoms with E-state index in [4.69, 9.17) is 4.74 Å². The van der Waals surface area contributed by atoms with Gasteiger partial charge in [0.1, 0.15) is 0 Å². The maximum atomic E-state index is 5.00. The quantitative estimate of drug-likeness (QED) is 0.790. The van der Waals surface area contributed by atoms with E-state index in [-0.39, 0.29) is 0 Å². The number of thiophene rings is 1. The SMILES string of the molecule is COCCNCc1ccn(Cc2cc(Br)cs2)c1. The topological polar surface area (TPSA) is 26.2 Å². The molecule has 0 aliphatic carbocycles. The second kappa shape index (κ2) is 7.09. The Labute approximate surface area is 120 Å². The van der Waals surface area contributed by atoms with Crippen LogP contribution in [0.4, 0.5) is 0 Å². The van der Waals surface area contributed by atoms with Crippen molar-refractivity contribution in [1.29, 1.82) is 0 Å². The van der Waals surface area contributed by atoms with Gasteiger partial charge in [-0.3, -0.25) is 0 Å². The molecule has 2 rings (SSSR count). The van der Waals surface area contributed by atoms with E-state index < -0.39 is 0 Å². The summed E-state index contributed by atoms with van der Waals surface area (Å²) in [4.78, 5) is 1.36. The van der Waals surface area contributed by atoms with Crippen LogP contribution in [-0.4, -0.2) is 24.8 Å². The van der Waals surface area contributed by atoms with Crippen molar-refractivity contribution in [3.05, 3.63) is 44.8 Å². The molecule has 1 N–H and O–H groups in total. The number of aromatic nitrogens is 1. The minimum absolute atomic E-state index is 0.754. The highest BCUT2D eigenvalue weighted by molar-refractivity contribution is 9.10. The average Bonchev–Trinajstić information content (AvgIpc) is 2.95. The van der Waals surface area contributed by atoms with Gasteiger partial charge in [-0.1, -0.05) is 0 Å². The first-order valence-corrected chi connectivity index (χ1v) is 7.52. The fourth-order valence-electron chi connectivity index (χ4n) is 1.72. The summed E-state index contributed by atoms with van der Waals surface area (Å²) in [7, 11) is 1.72. The van der Waals surface area contributed by atoms with Crippen LogP contribution in [-0.2, 0) is 17.8 Å². The molecule has 0 atom stereocenters. The fourth-order valence-corrected chi connectivity index (χ4v) is 3.18. The predicted octanol–water partition coefficient (Wildman–Crippen LogP) is 3.10. The standard InChI is InChI=1S/C13H17BrN2OS/c1-17-5-3-15-7-11-2-4-16(8-11)9-13-6-12(14)10-18-13/h2,4,6,8,10,15H,3,5,7,9H2,1H3. The Morgan fingerprint density at radius 2 is 2.39 bits per heavy atom. The molecular formula is C13H17BrN2OS. The third-order valence-corrected chi connectivity index (χ3v) is 4.27. The van der Waals surface area contributed by atoms with Gasteiger partial charge in [0.25, 0.3) is 0 Å². The van der Waals surface area contributed by atoms with Gasteiger partial charge < -0.3 is 14.6 Å². The molecule has 0 aliphatic heterocycles. The van der Waals surface area contributed by atoms with E-state index in [9.17, 15) is 0 Å². The van der Waals surface area contributed by atoms with Crippen LogP contribution in [0.25, 0.3) is 0 Å². The molecule has 0 aromatic carbocycles. The monoisotopic (exact) mass is 328 g/mol. The number of nitrogens with zero attached hydrogens (tertiary/aromatic N) is 1. The molecule has 0 unspecified atom stereocenters. The van der Waals surface area contributed by atoms with Crippen molar-refractivity contribution in [2.24, 2.45) is 0 Å². The van der Waals surface area contributed by atoms with Crippen LogP contribution < -0.4 is 5.32 Å². The van der Waals surface area contributed by atoms with E-state index in [1.165, 1.54) is 10.4 Å². The summed E-state index contributed by atoms with van der Waals surface area (Å²) >= 11 is 5.26. The zero-order valence-corrected chi connectivity index (χ0v) is 12.8. The van der Waals surface area contributed by atoms with Crippen LogP contribution in [0.2, 0.25) is 0 Å². The minimum Gasteiger partial charge on any atom is -0.383 e. The van der Waals surface area contributed by atoms with Gasteiger partial charge in [-0.15, -0.1) is 11.3 Å². The molecule has 3 nitrogen and oxygen atoms in total. The summed E-state index contributed by atoms with van der Waals surface area (Å²) < 4.78 is 8.37. The second-order valence-corrected chi connectivity index (χ2v) is 6.00. The Morgan fingerprint density at radius 1 is 1.50 bits per heavy atom. The van der Waals surface area contributed by atoms with Crippen LogP contribution in [0.3, 0.4) is 0 Å². The van der Waals surface area contributed by atoms with Crippen LogP contribution in [0.15, 0.2) is 34.4 Å². The van der Waals surface area contributed by atoms with Gasteiger partial charge in [-0.2, -0.15) is 0 Å². The smallest absolute Gasteiger partial charge is 0.0587 e. The molecule has 18 heavy (non-hydrogen) atoms. The number of hydrogen-bond acceptors (Lipinski definition) is 3. The van der Waals surface area contributed by atoms with Gasteiger partial charge in [-0.25, -0.2) is 0 Å². The Bertz CT molecular complexity index is 481. The van der Waals surface area contributed by atoms with Gasteiger partial charge in [-0.05, 0) is 33.6 Å². The lowest BCUT2D eigenvalue weighted by Gasteiger charge is -2.02. The third-order valence-electron chi connectivity index (χ3n) is 2.58. The Kier molecular flexibility index (Phi) is 5.44. The van der Waals surface area contributed by atoms with Crippen LogP contribution >= 0.6 is 27.3 Å². The second-order valence-electron chi connectivity index (χ2n) is 4.09. The summed E-state index contributed by atoms with van der Waals surface area (Å²) in [5.74, 6) is 0. The largest absolute Gasteiger partial charge is 0.383 e. The summed E-state index contributed by atoms with van der Waals surface area (Å²) in [5.41, 5.74) is 1.31. The fraction of sp³-hybridized carbons (Fsp3) is 0.385. The van der Waals surface area contributed by atoms with E-state index >= 15 is 0 Å². The number of halogens is 1. The zero-order chi connectivity index (χ0) is 12.8. The molecule has 0 aliphatic rings.